The lowest BCUT2D eigenvalue weighted by atomic mass is 9.78. The second-order valence-electron chi connectivity index (χ2n) is 7.17. The number of amides is 1. The summed E-state index contributed by atoms with van der Waals surface area (Å²) >= 11 is 0. The highest BCUT2D eigenvalue weighted by Crippen LogP contribution is 2.30. The number of hydrogen-bond acceptors (Lipinski definition) is 2. The van der Waals surface area contributed by atoms with E-state index in [4.69, 9.17) is 5.73 Å². The van der Waals surface area contributed by atoms with E-state index in [0.29, 0.717) is 23.9 Å². The van der Waals surface area contributed by atoms with Gasteiger partial charge in [-0.15, -0.1) is 0 Å². The van der Waals surface area contributed by atoms with Crippen LogP contribution in [-0.2, 0) is 4.79 Å². The van der Waals surface area contributed by atoms with Gasteiger partial charge in [0.15, 0.2) is 0 Å². The highest BCUT2D eigenvalue weighted by Gasteiger charge is 2.30. The molecule has 4 unspecified atom stereocenters. The average molecular weight is 280 g/mol. The van der Waals surface area contributed by atoms with E-state index in [2.05, 4.69) is 19.2 Å². The molecule has 2 aliphatic rings. The molecule has 2 saturated carbocycles. The molecule has 0 aliphatic heterocycles. The monoisotopic (exact) mass is 280 g/mol. The average Bonchev–Trinajstić information content (AvgIpc) is 2.47. The second-order valence-corrected chi connectivity index (χ2v) is 7.17. The number of nitrogens with one attached hydrogen (secondary N) is 1. The summed E-state index contributed by atoms with van der Waals surface area (Å²) in [4.78, 5) is 12.5. The Morgan fingerprint density at radius 1 is 1.00 bits per heavy atom. The number of carbonyl (C=O) groups is 1. The predicted octanol–water partition coefficient (Wildman–Crippen LogP) is 3.23. The second kappa shape index (κ2) is 7.44. The molecule has 2 fully saturated rings. The van der Waals surface area contributed by atoms with E-state index >= 15 is 0 Å². The summed E-state index contributed by atoms with van der Waals surface area (Å²) in [5.74, 6) is 1.54. The fraction of sp³-hybridized carbons (Fsp3) is 0.941. The van der Waals surface area contributed by atoms with Crippen LogP contribution in [0.25, 0.3) is 0 Å². The summed E-state index contributed by atoms with van der Waals surface area (Å²) in [6.45, 7) is 4.28. The molecule has 4 atom stereocenters. The highest BCUT2D eigenvalue weighted by molar-refractivity contribution is 5.78. The van der Waals surface area contributed by atoms with Crippen molar-refractivity contribution < 1.29 is 4.79 Å². The third kappa shape index (κ3) is 4.21. The van der Waals surface area contributed by atoms with E-state index in [-0.39, 0.29) is 11.8 Å². The minimum Gasteiger partial charge on any atom is -0.353 e. The lowest BCUT2D eigenvalue weighted by Gasteiger charge is -2.33. The van der Waals surface area contributed by atoms with Gasteiger partial charge in [0.2, 0.25) is 5.91 Å². The molecule has 116 valence electrons. The lowest BCUT2D eigenvalue weighted by molar-refractivity contribution is -0.127. The molecule has 0 spiro atoms. The Hall–Kier alpha value is -0.570. The number of rotatable bonds is 4. The first-order valence-corrected chi connectivity index (χ1v) is 8.64. The van der Waals surface area contributed by atoms with Crippen LogP contribution < -0.4 is 11.1 Å². The fourth-order valence-electron chi connectivity index (χ4n) is 4.04. The van der Waals surface area contributed by atoms with Gasteiger partial charge in [-0.25, -0.2) is 0 Å². The highest BCUT2D eigenvalue weighted by atomic mass is 16.1. The van der Waals surface area contributed by atoms with Gasteiger partial charge >= 0.3 is 0 Å². The zero-order valence-electron chi connectivity index (χ0n) is 13.2. The van der Waals surface area contributed by atoms with Gasteiger partial charge in [-0.05, 0) is 50.9 Å². The Morgan fingerprint density at radius 2 is 1.65 bits per heavy atom. The summed E-state index contributed by atoms with van der Waals surface area (Å²) in [6.07, 6.45) is 11.1. The number of nitrogens with two attached hydrogens (primary N) is 1. The maximum atomic E-state index is 12.5. The Labute approximate surface area is 124 Å². The van der Waals surface area contributed by atoms with Crippen LogP contribution in [0.3, 0.4) is 0 Å². The van der Waals surface area contributed by atoms with Crippen LogP contribution in [0.2, 0.25) is 0 Å². The molecule has 0 saturated heterocycles. The molecule has 0 heterocycles. The Bertz CT molecular complexity index is 312. The zero-order chi connectivity index (χ0) is 14.5. The molecule has 0 aromatic heterocycles. The van der Waals surface area contributed by atoms with Gasteiger partial charge in [-0.1, -0.05) is 32.6 Å². The van der Waals surface area contributed by atoms with Gasteiger partial charge < -0.3 is 11.1 Å². The first kappa shape index (κ1) is 15.8. The van der Waals surface area contributed by atoms with Crippen LogP contribution in [0.5, 0.6) is 0 Å². The molecule has 2 rings (SSSR count). The van der Waals surface area contributed by atoms with E-state index in [1.807, 2.05) is 0 Å². The van der Waals surface area contributed by atoms with E-state index in [0.717, 1.165) is 12.8 Å². The van der Waals surface area contributed by atoms with Crippen molar-refractivity contribution in [2.75, 3.05) is 0 Å². The first-order chi connectivity index (χ1) is 9.58. The number of hydrogen-bond donors (Lipinski definition) is 2. The summed E-state index contributed by atoms with van der Waals surface area (Å²) in [5.41, 5.74) is 6.05. The zero-order valence-corrected chi connectivity index (χ0v) is 13.2. The molecule has 0 radical (unpaired) electrons. The molecule has 0 bridgehead atoms. The van der Waals surface area contributed by atoms with Gasteiger partial charge in [0.1, 0.15) is 0 Å². The molecule has 3 heteroatoms. The van der Waals surface area contributed by atoms with E-state index in [1.54, 1.807) is 0 Å². The van der Waals surface area contributed by atoms with Crippen molar-refractivity contribution >= 4 is 5.91 Å². The van der Waals surface area contributed by atoms with Crippen molar-refractivity contribution in [1.29, 1.82) is 0 Å². The van der Waals surface area contributed by atoms with Crippen LogP contribution in [-0.4, -0.2) is 18.0 Å². The van der Waals surface area contributed by atoms with Crippen molar-refractivity contribution in [3.63, 3.8) is 0 Å². The molecule has 0 aromatic rings. The topological polar surface area (TPSA) is 55.1 Å². The molecule has 3 N–H and O–H groups in total. The van der Waals surface area contributed by atoms with Crippen LogP contribution in [0.15, 0.2) is 0 Å². The van der Waals surface area contributed by atoms with Crippen LogP contribution in [0, 0.1) is 17.8 Å². The quantitative estimate of drug-likeness (QED) is 0.830. The normalized spacial score (nSPS) is 31.6. The Morgan fingerprint density at radius 3 is 2.30 bits per heavy atom. The smallest absolute Gasteiger partial charge is 0.223 e. The van der Waals surface area contributed by atoms with E-state index in [9.17, 15) is 4.79 Å². The summed E-state index contributed by atoms with van der Waals surface area (Å²) < 4.78 is 0. The van der Waals surface area contributed by atoms with E-state index in [1.165, 1.54) is 44.9 Å². The molecule has 20 heavy (non-hydrogen) atoms. The summed E-state index contributed by atoms with van der Waals surface area (Å²) in [5, 5.41) is 3.28. The number of carbonyl (C=O) groups excluding carboxylic acids is 1. The third-order valence-electron chi connectivity index (χ3n) is 5.60. The SMILES string of the molecule is CC(NC(=O)C(C)C1CCCC(N)C1)C1CCCCC1. The molecule has 0 aromatic carbocycles. The summed E-state index contributed by atoms with van der Waals surface area (Å²) in [6, 6.07) is 0.641. The fourth-order valence-corrected chi connectivity index (χ4v) is 4.04. The molecule has 1 amide bonds. The third-order valence-corrected chi connectivity index (χ3v) is 5.60. The summed E-state index contributed by atoms with van der Waals surface area (Å²) in [7, 11) is 0. The Balaban J connectivity index is 1.80. The van der Waals surface area contributed by atoms with Crippen molar-refractivity contribution in [2.24, 2.45) is 23.5 Å². The maximum absolute atomic E-state index is 12.5. The van der Waals surface area contributed by atoms with Crippen molar-refractivity contribution in [1.82, 2.24) is 5.32 Å². The van der Waals surface area contributed by atoms with Crippen molar-refractivity contribution in [3.05, 3.63) is 0 Å². The standard InChI is InChI=1S/C17H32N2O/c1-12(15-9-6-10-16(18)11-15)17(20)19-13(2)14-7-4-3-5-8-14/h12-16H,3-11,18H2,1-2H3,(H,19,20). The molecular formula is C17H32N2O. The molecule has 3 nitrogen and oxygen atoms in total. The van der Waals surface area contributed by atoms with Gasteiger partial charge in [-0.3, -0.25) is 4.79 Å². The van der Waals surface area contributed by atoms with Gasteiger partial charge in [-0.2, -0.15) is 0 Å². The van der Waals surface area contributed by atoms with Gasteiger partial charge in [0.05, 0.1) is 0 Å². The van der Waals surface area contributed by atoms with E-state index < -0.39 is 0 Å². The predicted molar refractivity (Wildman–Crippen MR) is 83.3 cm³/mol. The van der Waals surface area contributed by atoms with Crippen LogP contribution in [0.1, 0.15) is 71.6 Å². The minimum absolute atomic E-state index is 0.118. The van der Waals surface area contributed by atoms with Gasteiger partial charge in [0, 0.05) is 18.0 Å². The molecular weight excluding hydrogens is 248 g/mol. The minimum atomic E-state index is 0.118. The lowest BCUT2D eigenvalue weighted by Crippen LogP contribution is -2.44. The van der Waals surface area contributed by atoms with Crippen molar-refractivity contribution in [3.8, 4) is 0 Å². The van der Waals surface area contributed by atoms with Crippen LogP contribution in [0.4, 0.5) is 0 Å². The Kier molecular flexibility index (Phi) is 5.88. The van der Waals surface area contributed by atoms with Crippen LogP contribution >= 0.6 is 0 Å². The first-order valence-electron chi connectivity index (χ1n) is 8.64. The van der Waals surface area contributed by atoms with Crippen molar-refractivity contribution in [2.45, 2.75) is 83.7 Å². The van der Waals surface area contributed by atoms with Gasteiger partial charge in [0.25, 0.3) is 0 Å². The maximum Gasteiger partial charge on any atom is 0.223 e. The molecule has 2 aliphatic carbocycles. The largest absolute Gasteiger partial charge is 0.353 e.